The number of fused-ring (bicyclic) bond motifs is 1. The van der Waals surface area contributed by atoms with Crippen LogP contribution in [0, 0.1) is 5.92 Å². The van der Waals surface area contributed by atoms with Gasteiger partial charge in [-0.25, -0.2) is 5.32 Å². The molecule has 8 heteroatoms. The summed E-state index contributed by atoms with van der Waals surface area (Å²) in [7, 11) is 0. The van der Waals surface area contributed by atoms with E-state index in [1.165, 1.54) is 0 Å². The highest BCUT2D eigenvalue weighted by Gasteiger charge is 2.41. The summed E-state index contributed by atoms with van der Waals surface area (Å²) < 4.78 is 11.3. The van der Waals surface area contributed by atoms with E-state index in [9.17, 15) is 4.79 Å². The van der Waals surface area contributed by atoms with Crippen LogP contribution in [0.4, 0.5) is 11.7 Å². The Morgan fingerprint density at radius 2 is 1.87 bits per heavy atom. The minimum Gasteiger partial charge on any atom is -0.466 e. The van der Waals surface area contributed by atoms with Crippen LogP contribution in [0.3, 0.4) is 0 Å². The Labute approximate surface area is 177 Å². The Morgan fingerprint density at radius 1 is 1.06 bits per heavy atom. The molecule has 5 rings (SSSR count). The Kier molecular flexibility index (Phi) is 4.72. The van der Waals surface area contributed by atoms with E-state index < -0.39 is 12.0 Å². The van der Waals surface area contributed by atoms with E-state index >= 15 is 0 Å². The number of nitrogens with one attached hydrogen (secondary N) is 4. The number of aromatic nitrogens is 1. The predicted molar refractivity (Wildman–Crippen MR) is 116 cm³/mol. The normalized spacial score (nSPS) is 18.3. The Hall–Kier alpha value is -4.33. The molecule has 0 radical (unpaired) electrons. The van der Waals surface area contributed by atoms with Gasteiger partial charge in [0.05, 0.1) is 12.0 Å². The van der Waals surface area contributed by atoms with Crippen molar-refractivity contribution in [2.45, 2.75) is 6.04 Å². The summed E-state index contributed by atoms with van der Waals surface area (Å²) >= 11 is 0. The van der Waals surface area contributed by atoms with Crippen LogP contribution >= 0.6 is 0 Å². The van der Waals surface area contributed by atoms with Crippen molar-refractivity contribution in [2.75, 3.05) is 10.6 Å². The summed E-state index contributed by atoms with van der Waals surface area (Å²) in [6.07, 6.45) is 1.57. The lowest BCUT2D eigenvalue weighted by atomic mass is 9.92. The first-order valence-electron chi connectivity index (χ1n) is 9.78. The first-order valence-corrected chi connectivity index (χ1v) is 9.78. The zero-order valence-electron chi connectivity index (χ0n) is 16.5. The molecule has 2 aromatic heterocycles. The third kappa shape index (κ3) is 3.78. The number of furan rings is 1. The van der Waals surface area contributed by atoms with Gasteiger partial charge in [0.15, 0.2) is 11.6 Å². The number of anilines is 2. The highest BCUT2D eigenvalue weighted by Crippen LogP contribution is 2.26. The van der Waals surface area contributed by atoms with Crippen LogP contribution in [-0.4, -0.2) is 16.9 Å². The smallest absolute Gasteiger partial charge is 0.365 e. The predicted octanol–water partition coefficient (Wildman–Crippen LogP) is 2.38. The molecule has 1 amide bonds. The molecule has 1 aliphatic rings. The standard InChI is InChI=1S/C23H19N5O3/c1-14-19(21(29)25-15-8-3-2-4-9-15)20(18-12-7-13-30-18)27-22(24-14)28-23-26-16-10-5-6-11-17(16)31-23/h2-13,19-20H,1H2,(H,25,29)(H2,24,26,27,28)/p+1/t19-,20+/m1/s1. The molecule has 0 bridgehead atoms. The zero-order chi connectivity index (χ0) is 21.2. The van der Waals surface area contributed by atoms with Crippen LogP contribution in [0.25, 0.3) is 11.1 Å². The number of carbonyl (C=O) groups is 1. The number of para-hydroxylation sites is 3. The largest absolute Gasteiger partial charge is 0.466 e. The molecular weight excluding hydrogens is 394 g/mol. The number of guanidine groups is 1. The van der Waals surface area contributed by atoms with Crippen molar-refractivity contribution < 1.29 is 18.6 Å². The van der Waals surface area contributed by atoms with Crippen molar-refractivity contribution in [3.05, 3.63) is 91.0 Å². The van der Waals surface area contributed by atoms with E-state index in [0.29, 0.717) is 34.7 Å². The summed E-state index contributed by atoms with van der Waals surface area (Å²) in [4.78, 5) is 20.8. The number of rotatable bonds is 4. The number of nitrogens with zero attached hydrogens (tertiary/aromatic N) is 1. The van der Waals surface area contributed by atoms with Crippen LogP contribution in [0.5, 0.6) is 0 Å². The quantitative estimate of drug-likeness (QED) is 0.409. The van der Waals surface area contributed by atoms with Crippen molar-refractivity contribution in [1.82, 2.24) is 10.3 Å². The molecular formula is C23H20N5O3+. The fourth-order valence-electron chi connectivity index (χ4n) is 3.57. The molecule has 3 heterocycles. The molecule has 0 saturated heterocycles. The average Bonchev–Trinajstić information content (AvgIpc) is 3.43. The monoisotopic (exact) mass is 414 g/mol. The van der Waals surface area contributed by atoms with Gasteiger partial charge >= 0.3 is 12.0 Å². The van der Waals surface area contributed by atoms with Gasteiger partial charge in [-0.3, -0.25) is 9.79 Å². The van der Waals surface area contributed by atoms with Gasteiger partial charge < -0.3 is 14.2 Å². The second kappa shape index (κ2) is 7.83. The summed E-state index contributed by atoms with van der Waals surface area (Å²) in [6, 6.07) is 20.2. The maximum absolute atomic E-state index is 13.1. The minimum absolute atomic E-state index is 0.210. The molecule has 0 aliphatic carbocycles. The van der Waals surface area contributed by atoms with Crippen LogP contribution in [0.2, 0.25) is 0 Å². The van der Waals surface area contributed by atoms with Gasteiger partial charge in [-0.1, -0.05) is 36.9 Å². The van der Waals surface area contributed by atoms with Crippen LogP contribution in [-0.2, 0) is 4.79 Å². The number of carbonyl (C=O) groups excluding carboxylic acids is 1. The molecule has 1 aliphatic heterocycles. The van der Waals surface area contributed by atoms with Crippen molar-refractivity contribution in [3.8, 4) is 0 Å². The SMILES string of the molecule is C=C1NC(Nc2nc3ccccc3o2)=[NH+][C@@H](c2ccco2)[C@@H]1C(=O)Nc1ccccc1. The lowest BCUT2D eigenvalue weighted by Gasteiger charge is -2.26. The highest BCUT2D eigenvalue weighted by molar-refractivity contribution is 5.97. The number of oxazole rings is 1. The van der Waals surface area contributed by atoms with Crippen molar-refractivity contribution >= 4 is 34.7 Å². The lowest BCUT2D eigenvalue weighted by Crippen LogP contribution is -2.84. The molecule has 0 unspecified atom stereocenters. The number of hydrogen-bond donors (Lipinski definition) is 4. The summed E-state index contributed by atoms with van der Waals surface area (Å²) in [5, 5.41) is 9.13. The maximum atomic E-state index is 13.1. The molecule has 0 saturated carbocycles. The van der Waals surface area contributed by atoms with Crippen LogP contribution in [0.1, 0.15) is 11.8 Å². The molecule has 0 spiro atoms. The van der Waals surface area contributed by atoms with Crippen LogP contribution in [0.15, 0.2) is 94.1 Å². The molecule has 4 N–H and O–H groups in total. The topological polar surface area (TPSA) is 106 Å². The van der Waals surface area contributed by atoms with E-state index in [2.05, 4.69) is 32.5 Å². The van der Waals surface area contributed by atoms with Crippen molar-refractivity contribution in [3.63, 3.8) is 0 Å². The van der Waals surface area contributed by atoms with Gasteiger partial charge in [0.1, 0.15) is 17.2 Å². The third-order valence-corrected chi connectivity index (χ3v) is 4.99. The van der Waals surface area contributed by atoms with Gasteiger partial charge in [-0.15, -0.1) is 0 Å². The van der Waals surface area contributed by atoms with E-state index in [1.807, 2.05) is 60.7 Å². The van der Waals surface area contributed by atoms with E-state index in [0.717, 1.165) is 5.52 Å². The second-order valence-corrected chi connectivity index (χ2v) is 7.11. The van der Waals surface area contributed by atoms with Gasteiger partial charge in [0.25, 0.3) is 0 Å². The second-order valence-electron chi connectivity index (χ2n) is 7.11. The zero-order valence-corrected chi connectivity index (χ0v) is 16.5. The fourth-order valence-corrected chi connectivity index (χ4v) is 3.57. The Bertz CT molecular complexity index is 1230. The first-order chi connectivity index (χ1) is 15.2. The molecule has 4 aromatic rings. The van der Waals surface area contributed by atoms with E-state index in [4.69, 9.17) is 8.83 Å². The van der Waals surface area contributed by atoms with E-state index in [-0.39, 0.29) is 5.91 Å². The molecule has 154 valence electrons. The summed E-state index contributed by atoms with van der Waals surface area (Å²) in [6.45, 7) is 4.09. The number of hydrogen-bond acceptors (Lipinski definition) is 6. The third-order valence-electron chi connectivity index (χ3n) is 4.99. The minimum atomic E-state index is -0.625. The van der Waals surface area contributed by atoms with Crippen LogP contribution < -0.4 is 20.9 Å². The molecule has 8 nitrogen and oxygen atoms in total. The van der Waals surface area contributed by atoms with Crippen molar-refractivity contribution in [1.29, 1.82) is 0 Å². The number of amides is 1. The molecule has 0 fully saturated rings. The Morgan fingerprint density at radius 3 is 2.65 bits per heavy atom. The molecule has 2 aromatic carbocycles. The average molecular weight is 414 g/mol. The molecule has 31 heavy (non-hydrogen) atoms. The van der Waals surface area contributed by atoms with Gasteiger partial charge in [0, 0.05) is 5.69 Å². The lowest BCUT2D eigenvalue weighted by molar-refractivity contribution is -0.525. The molecule has 2 atom stereocenters. The van der Waals surface area contributed by atoms with Gasteiger partial charge in [-0.2, -0.15) is 10.3 Å². The summed E-state index contributed by atoms with van der Waals surface area (Å²) in [5.41, 5.74) is 2.62. The Balaban J connectivity index is 1.44. The summed E-state index contributed by atoms with van der Waals surface area (Å²) in [5.74, 6) is 0.258. The fraction of sp³-hybridized carbons (Fsp3) is 0.0870. The van der Waals surface area contributed by atoms with Gasteiger partial charge in [0.2, 0.25) is 5.91 Å². The van der Waals surface area contributed by atoms with Gasteiger partial charge in [-0.05, 0) is 36.4 Å². The van der Waals surface area contributed by atoms with Crippen molar-refractivity contribution in [2.24, 2.45) is 5.92 Å². The highest BCUT2D eigenvalue weighted by atomic mass is 16.4. The first kappa shape index (κ1) is 18.7. The van der Waals surface area contributed by atoms with E-state index in [1.54, 1.807) is 12.3 Å². The number of benzene rings is 2. The maximum Gasteiger partial charge on any atom is 0.365 e.